The smallest absolute Gasteiger partial charge is 0.320 e. The number of hydrogen-bond donors (Lipinski definition) is 6. The number of rotatable bonds is 9. The lowest BCUT2D eigenvalue weighted by Gasteiger charge is -2.16. The number of hydrogen-bond acceptors (Lipinski definition) is 11. The fraction of sp³-hybridized carbons (Fsp3) is 0.600. The van der Waals surface area contributed by atoms with Gasteiger partial charge in [-0.05, 0) is 12.2 Å². The molecule has 12 nitrogen and oxygen atoms in total. The lowest BCUT2D eigenvalue weighted by molar-refractivity contribution is -0.138. The second kappa shape index (κ2) is 8.98. The van der Waals surface area contributed by atoms with Gasteiger partial charge in [0.2, 0.25) is 0 Å². The Morgan fingerprint density at radius 1 is 1.36 bits per heavy atom. The number of aliphatic hydroxyl groups excluding tert-OH is 3. The Morgan fingerprint density at radius 3 is 2.82 bits per heavy atom. The van der Waals surface area contributed by atoms with Crippen molar-refractivity contribution in [1.82, 2.24) is 19.5 Å². The molecule has 1 fully saturated rings. The Hall–Kier alpha value is -2.03. The van der Waals surface area contributed by atoms with Crippen molar-refractivity contribution in [2.45, 2.75) is 37.0 Å². The highest BCUT2D eigenvalue weighted by atomic mass is 32.2. The summed E-state index contributed by atoms with van der Waals surface area (Å²) in [5, 5.41) is 41.2. The molecule has 0 unspecified atom stereocenters. The standard InChI is InChI=1S/C15H22N6O6S/c16-7(15(25)26)1-2-28-6-20-12-9-13(18-4-17-12)21(5-19-9)14-11(24)10(23)8(3-22)27-14/h4-5,7-8,10-11,14,22-24H,1-3,6,16H2,(H,25,26)(H,17,18,20)/t7-,8+,10+,11+,14+/m0/s1. The molecule has 0 amide bonds. The van der Waals surface area contributed by atoms with Crippen LogP contribution in [-0.2, 0) is 9.53 Å². The van der Waals surface area contributed by atoms with Crippen LogP contribution in [-0.4, -0.2) is 88.5 Å². The third-order valence-electron chi connectivity index (χ3n) is 4.38. The number of nitrogens with zero attached hydrogens (tertiary/aromatic N) is 4. The zero-order valence-corrected chi connectivity index (χ0v) is 15.6. The lowest BCUT2D eigenvalue weighted by Crippen LogP contribution is -2.33. The summed E-state index contributed by atoms with van der Waals surface area (Å²) in [6.07, 6.45) is -1.20. The summed E-state index contributed by atoms with van der Waals surface area (Å²) in [5.41, 5.74) is 6.30. The molecule has 2 aromatic heterocycles. The fourth-order valence-corrected chi connectivity index (χ4v) is 3.61. The molecule has 0 radical (unpaired) electrons. The van der Waals surface area contributed by atoms with Gasteiger partial charge in [0.05, 0.1) is 18.8 Å². The molecule has 154 valence electrons. The molecule has 0 spiro atoms. The van der Waals surface area contributed by atoms with E-state index in [-0.39, 0.29) is 0 Å². The summed E-state index contributed by atoms with van der Waals surface area (Å²) in [5.74, 6) is 0.456. The first-order valence-corrected chi connectivity index (χ1v) is 9.69. The molecular weight excluding hydrogens is 392 g/mol. The van der Waals surface area contributed by atoms with Gasteiger partial charge in [-0.2, -0.15) is 0 Å². The molecule has 1 saturated heterocycles. The highest BCUT2D eigenvalue weighted by Crippen LogP contribution is 2.32. The third-order valence-corrected chi connectivity index (χ3v) is 5.25. The zero-order valence-electron chi connectivity index (χ0n) is 14.7. The molecule has 1 aliphatic rings. The molecule has 28 heavy (non-hydrogen) atoms. The minimum absolute atomic E-state index is 0.348. The lowest BCUT2D eigenvalue weighted by atomic mass is 10.1. The van der Waals surface area contributed by atoms with Crippen LogP contribution >= 0.6 is 11.8 Å². The van der Waals surface area contributed by atoms with Crippen LogP contribution in [0.3, 0.4) is 0 Å². The quantitative estimate of drug-likeness (QED) is 0.203. The van der Waals surface area contributed by atoms with Gasteiger partial charge in [0.15, 0.2) is 23.2 Å². The molecule has 0 bridgehead atoms. The van der Waals surface area contributed by atoms with Crippen LogP contribution < -0.4 is 11.1 Å². The number of nitrogens with two attached hydrogens (primary N) is 1. The first kappa shape index (κ1) is 20.7. The molecule has 13 heteroatoms. The molecule has 0 aliphatic carbocycles. The van der Waals surface area contributed by atoms with E-state index in [4.69, 9.17) is 15.6 Å². The number of imidazole rings is 1. The maximum absolute atomic E-state index is 10.7. The number of aromatic nitrogens is 4. The van der Waals surface area contributed by atoms with Crippen molar-refractivity contribution in [3.8, 4) is 0 Å². The largest absolute Gasteiger partial charge is 0.480 e. The molecule has 0 saturated carbocycles. The number of carboxylic acid groups (broad SMARTS) is 1. The molecule has 0 aromatic carbocycles. The normalized spacial score (nSPS) is 25.9. The number of aliphatic carboxylic acids is 1. The van der Waals surface area contributed by atoms with Crippen LogP contribution in [0.2, 0.25) is 0 Å². The summed E-state index contributed by atoms with van der Waals surface area (Å²) in [6.45, 7) is -0.425. The molecular formula is C15H22N6O6S. The zero-order chi connectivity index (χ0) is 20.3. The van der Waals surface area contributed by atoms with Crippen LogP contribution in [0, 0.1) is 0 Å². The van der Waals surface area contributed by atoms with Gasteiger partial charge < -0.3 is 36.2 Å². The van der Waals surface area contributed by atoms with Crippen LogP contribution in [0.15, 0.2) is 12.7 Å². The number of carboxylic acids is 1. The summed E-state index contributed by atoms with van der Waals surface area (Å²) in [6, 6.07) is -0.884. The van der Waals surface area contributed by atoms with Crippen LogP contribution in [0.5, 0.6) is 0 Å². The van der Waals surface area contributed by atoms with E-state index in [9.17, 15) is 20.1 Å². The number of ether oxygens (including phenoxy) is 1. The van der Waals surface area contributed by atoms with Gasteiger partial charge in [-0.15, -0.1) is 11.8 Å². The highest BCUT2D eigenvalue weighted by molar-refractivity contribution is 7.99. The average molecular weight is 414 g/mol. The van der Waals surface area contributed by atoms with Gasteiger partial charge in [-0.1, -0.05) is 0 Å². The van der Waals surface area contributed by atoms with E-state index in [0.29, 0.717) is 35.0 Å². The van der Waals surface area contributed by atoms with E-state index in [1.54, 1.807) is 0 Å². The Kier molecular flexibility index (Phi) is 6.64. The van der Waals surface area contributed by atoms with Gasteiger partial charge in [0.1, 0.15) is 30.7 Å². The van der Waals surface area contributed by atoms with Crippen molar-refractivity contribution in [3.05, 3.63) is 12.7 Å². The van der Waals surface area contributed by atoms with Gasteiger partial charge in [-0.3, -0.25) is 9.36 Å². The highest BCUT2D eigenvalue weighted by Gasteiger charge is 2.44. The van der Waals surface area contributed by atoms with E-state index in [1.807, 2.05) is 0 Å². The monoisotopic (exact) mass is 414 g/mol. The van der Waals surface area contributed by atoms with E-state index < -0.39 is 43.2 Å². The second-order valence-electron chi connectivity index (χ2n) is 6.24. The Morgan fingerprint density at radius 2 is 2.14 bits per heavy atom. The first-order chi connectivity index (χ1) is 13.4. The third kappa shape index (κ3) is 4.19. The van der Waals surface area contributed by atoms with Crippen molar-refractivity contribution in [3.63, 3.8) is 0 Å². The summed E-state index contributed by atoms with van der Waals surface area (Å²) in [4.78, 5) is 23.3. The molecule has 3 heterocycles. The second-order valence-corrected chi connectivity index (χ2v) is 7.34. The average Bonchev–Trinajstić information content (AvgIpc) is 3.23. The maximum atomic E-state index is 10.7. The number of aliphatic hydroxyl groups is 3. The summed E-state index contributed by atoms with van der Waals surface area (Å²) < 4.78 is 6.99. The van der Waals surface area contributed by atoms with Gasteiger partial charge in [-0.25, -0.2) is 15.0 Å². The number of thioether (sulfide) groups is 1. The number of carbonyl (C=O) groups is 1. The molecule has 2 aromatic rings. The number of anilines is 1. The molecule has 7 N–H and O–H groups in total. The predicted octanol–water partition coefficient (Wildman–Crippen LogP) is -1.66. The molecule has 3 rings (SSSR count). The van der Waals surface area contributed by atoms with Gasteiger partial charge >= 0.3 is 5.97 Å². The van der Waals surface area contributed by atoms with Crippen molar-refractivity contribution >= 4 is 34.7 Å². The van der Waals surface area contributed by atoms with Gasteiger partial charge in [0.25, 0.3) is 0 Å². The minimum atomic E-state index is -1.24. The van der Waals surface area contributed by atoms with Crippen molar-refractivity contribution < 1.29 is 30.0 Å². The first-order valence-electron chi connectivity index (χ1n) is 8.54. The number of fused-ring (bicyclic) bond motifs is 1. The Labute approximate surface area is 163 Å². The van der Waals surface area contributed by atoms with Crippen molar-refractivity contribution in [2.75, 3.05) is 23.6 Å². The Bertz CT molecular complexity index is 821. The topological polar surface area (TPSA) is 189 Å². The minimum Gasteiger partial charge on any atom is -0.480 e. The van der Waals surface area contributed by atoms with E-state index >= 15 is 0 Å². The van der Waals surface area contributed by atoms with Gasteiger partial charge in [0, 0.05) is 0 Å². The van der Waals surface area contributed by atoms with Crippen LogP contribution in [0.1, 0.15) is 12.6 Å². The summed E-state index contributed by atoms with van der Waals surface area (Å²) >= 11 is 1.46. The van der Waals surface area contributed by atoms with Crippen LogP contribution in [0.4, 0.5) is 5.82 Å². The Balaban J connectivity index is 1.66. The molecule has 1 aliphatic heterocycles. The van der Waals surface area contributed by atoms with Crippen molar-refractivity contribution in [2.24, 2.45) is 5.73 Å². The summed E-state index contributed by atoms with van der Waals surface area (Å²) in [7, 11) is 0. The number of nitrogens with one attached hydrogen (secondary N) is 1. The van der Waals surface area contributed by atoms with E-state index in [2.05, 4.69) is 20.3 Å². The van der Waals surface area contributed by atoms with E-state index in [1.165, 1.54) is 29.0 Å². The maximum Gasteiger partial charge on any atom is 0.320 e. The molecule has 5 atom stereocenters. The van der Waals surface area contributed by atoms with E-state index in [0.717, 1.165) is 0 Å². The predicted molar refractivity (Wildman–Crippen MR) is 99.5 cm³/mol. The SMILES string of the molecule is N[C@@H](CCSCNc1ncnc2c1ncn2[C@@H]1O[C@H](CO)[C@@H](O)[C@H]1O)C(=O)O. The van der Waals surface area contributed by atoms with Crippen molar-refractivity contribution in [1.29, 1.82) is 0 Å². The fourth-order valence-electron chi connectivity index (χ4n) is 2.80. The van der Waals surface area contributed by atoms with Crippen LogP contribution in [0.25, 0.3) is 11.2 Å².